The van der Waals surface area contributed by atoms with Gasteiger partial charge in [-0.15, -0.1) is 22.7 Å². The van der Waals surface area contributed by atoms with Crippen molar-refractivity contribution in [2.24, 2.45) is 4.99 Å². The summed E-state index contributed by atoms with van der Waals surface area (Å²) in [4.78, 5) is 10.7. The molecule has 6 rings (SSSR count). The molecule has 5 aromatic rings. The SMILES string of the molecule is O=S(=O)(c1ccc(N=c2scc(-c3cccs3)n2CCc2c[nH]c3ccccc23)cc1)N1CCOCC1. The predicted octanol–water partition coefficient (Wildman–Crippen LogP) is 5.26. The zero-order valence-corrected chi connectivity index (χ0v) is 22.5. The summed E-state index contributed by atoms with van der Waals surface area (Å²) in [6.07, 6.45) is 2.95. The fourth-order valence-corrected chi connectivity index (χ4v) is 7.75. The Morgan fingerprint density at radius 3 is 2.57 bits per heavy atom. The van der Waals surface area contributed by atoms with Gasteiger partial charge < -0.3 is 14.3 Å². The van der Waals surface area contributed by atoms with Crippen LogP contribution in [0.3, 0.4) is 0 Å². The van der Waals surface area contributed by atoms with E-state index in [0.29, 0.717) is 26.3 Å². The number of ether oxygens (including phenoxy) is 1. The summed E-state index contributed by atoms with van der Waals surface area (Å²) >= 11 is 3.31. The second kappa shape index (κ2) is 10.4. The van der Waals surface area contributed by atoms with Crippen LogP contribution in [0.2, 0.25) is 0 Å². The first-order chi connectivity index (χ1) is 18.1. The quantitative estimate of drug-likeness (QED) is 0.300. The molecule has 0 unspecified atom stereocenters. The summed E-state index contributed by atoms with van der Waals surface area (Å²) in [5.74, 6) is 0. The van der Waals surface area contributed by atoms with Crippen LogP contribution in [0.25, 0.3) is 21.5 Å². The van der Waals surface area contributed by atoms with Gasteiger partial charge in [-0.25, -0.2) is 13.4 Å². The highest BCUT2D eigenvalue weighted by molar-refractivity contribution is 7.89. The number of benzene rings is 2. The minimum atomic E-state index is -3.53. The first-order valence-electron chi connectivity index (χ1n) is 12.1. The van der Waals surface area contributed by atoms with Crippen LogP contribution in [-0.2, 0) is 27.7 Å². The highest BCUT2D eigenvalue weighted by atomic mass is 32.2. The Hall–Kier alpha value is -3.02. The maximum Gasteiger partial charge on any atom is 0.243 e. The fourth-order valence-electron chi connectivity index (χ4n) is 4.57. The van der Waals surface area contributed by atoms with E-state index in [2.05, 4.69) is 56.8 Å². The molecule has 37 heavy (non-hydrogen) atoms. The van der Waals surface area contributed by atoms with Gasteiger partial charge in [0, 0.05) is 42.1 Å². The second-order valence-electron chi connectivity index (χ2n) is 8.76. The highest BCUT2D eigenvalue weighted by Gasteiger charge is 2.26. The zero-order valence-electron chi connectivity index (χ0n) is 20.0. The number of sulfonamides is 1. The van der Waals surface area contributed by atoms with Crippen LogP contribution < -0.4 is 4.80 Å². The van der Waals surface area contributed by atoms with Gasteiger partial charge in [0.15, 0.2) is 4.80 Å². The zero-order chi connectivity index (χ0) is 25.2. The van der Waals surface area contributed by atoms with E-state index >= 15 is 0 Å². The molecule has 0 bridgehead atoms. The van der Waals surface area contributed by atoms with Crippen molar-refractivity contribution in [3.05, 3.63) is 88.0 Å². The molecule has 0 atom stereocenters. The Morgan fingerprint density at radius 1 is 0.973 bits per heavy atom. The monoisotopic (exact) mass is 550 g/mol. The van der Waals surface area contributed by atoms with Crippen LogP contribution in [0.4, 0.5) is 5.69 Å². The number of aryl methyl sites for hydroxylation is 1. The number of thiazole rings is 1. The average Bonchev–Trinajstić information content (AvgIpc) is 3.69. The van der Waals surface area contributed by atoms with E-state index in [4.69, 9.17) is 9.73 Å². The molecule has 190 valence electrons. The van der Waals surface area contributed by atoms with Crippen molar-refractivity contribution in [1.29, 1.82) is 0 Å². The average molecular weight is 551 g/mol. The van der Waals surface area contributed by atoms with Crippen LogP contribution in [0.1, 0.15) is 5.56 Å². The van der Waals surface area contributed by atoms with Crippen molar-refractivity contribution >= 4 is 49.3 Å². The Bertz CT molecular complexity index is 1670. The molecule has 4 heterocycles. The molecule has 0 aliphatic carbocycles. The number of rotatable bonds is 7. The van der Waals surface area contributed by atoms with Gasteiger partial charge in [-0.05, 0) is 53.8 Å². The summed E-state index contributed by atoms with van der Waals surface area (Å²) < 4.78 is 35.0. The van der Waals surface area contributed by atoms with Crippen molar-refractivity contribution < 1.29 is 13.2 Å². The van der Waals surface area contributed by atoms with E-state index in [1.165, 1.54) is 20.1 Å². The summed E-state index contributed by atoms with van der Waals surface area (Å²) in [5, 5.41) is 5.48. The van der Waals surface area contributed by atoms with E-state index in [0.717, 1.165) is 34.7 Å². The first kappa shape index (κ1) is 24.3. The third-order valence-corrected chi connectivity index (χ3v) is 10.2. The Labute approximate surface area is 223 Å². The van der Waals surface area contributed by atoms with Gasteiger partial charge in [-0.3, -0.25) is 0 Å². The van der Waals surface area contributed by atoms with E-state index < -0.39 is 10.0 Å². The third kappa shape index (κ3) is 4.95. The lowest BCUT2D eigenvalue weighted by Gasteiger charge is -2.26. The smallest absolute Gasteiger partial charge is 0.243 e. The first-order valence-corrected chi connectivity index (χ1v) is 15.3. The number of aromatic amines is 1. The number of H-pyrrole nitrogens is 1. The number of aromatic nitrogens is 2. The highest BCUT2D eigenvalue weighted by Crippen LogP contribution is 2.27. The molecule has 0 spiro atoms. The molecule has 2 aromatic carbocycles. The van der Waals surface area contributed by atoms with Crippen molar-refractivity contribution in [2.75, 3.05) is 26.3 Å². The number of hydrogen-bond donors (Lipinski definition) is 1. The predicted molar refractivity (Wildman–Crippen MR) is 149 cm³/mol. The van der Waals surface area contributed by atoms with Crippen molar-refractivity contribution in [1.82, 2.24) is 13.9 Å². The van der Waals surface area contributed by atoms with Gasteiger partial charge in [0.2, 0.25) is 10.0 Å². The third-order valence-electron chi connectivity index (χ3n) is 6.52. The van der Waals surface area contributed by atoms with Crippen LogP contribution in [-0.4, -0.2) is 48.6 Å². The fraction of sp³-hybridized carbons (Fsp3) is 0.222. The normalized spacial score (nSPS) is 15.5. The minimum Gasteiger partial charge on any atom is -0.379 e. The lowest BCUT2D eigenvalue weighted by Crippen LogP contribution is -2.40. The standard InChI is InChI=1S/C27H26N4O3S3/c32-37(33,30-13-15-34-16-14-30)22-9-7-21(8-10-22)29-27-31(25(19-36-27)26-6-3-17-35-26)12-11-20-18-28-24-5-2-1-4-23(20)24/h1-10,17-19,28H,11-16H2. The Balaban J connectivity index is 1.31. The number of fused-ring (bicyclic) bond motifs is 1. The molecule has 1 N–H and O–H groups in total. The van der Waals surface area contributed by atoms with E-state index in [-0.39, 0.29) is 4.90 Å². The Kier molecular flexibility index (Phi) is 6.83. The lowest BCUT2D eigenvalue weighted by molar-refractivity contribution is 0.0730. The summed E-state index contributed by atoms with van der Waals surface area (Å²) in [7, 11) is -3.53. The molecule has 7 nitrogen and oxygen atoms in total. The number of nitrogens with one attached hydrogen (secondary N) is 1. The van der Waals surface area contributed by atoms with E-state index in [1.807, 2.05) is 6.07 Å². The van der Waals surface area contributed by atoms with E-state index in [9.17, 15) is 8.42 Å². The minimum absolute atomic E-state index is 0.283. The van der Waals surface area contributed by atoms with Gasteiger partial charge in [0.05, 0.1) is 34.4 Å². The number of para-hydroxylation sites is 1. The molecule has 0 amide bonds. The lowest BCUT2D eigenvalue weighted by atomic mass is 10.1. The van der Waals surface area contributed by atoms with Gasteiger partial charge >= 0.3 is 0 Å². The summed E-state index contributed by atoms with van der Waals surface area (Å²) in [5.41, 5.74) is 4.28. The molecule has 1 aliphatic rings. The molecule has 1 saturated heterocycles. The molecule has 10 heteroatoms. The number of nitrogens with zero attached hydrogens (tertiary/aromatic N) is 3. The topological polar surface area (TPSA) is 79.7 Å². The molecule has 1 aliphatic heterocycles. The molecular formula is C27H26N4O3S3. The van der Waals surface area contributed by atoms with Gasteiger partial charge in [-0.2, -0.15) is 4.31 Å². The molecule has 1 fully saturated rings. The van der Waals surface area contributed by atoms with Crippen molar-refractivity contribution in [3.63, 3.8) is 0 Å². The number of thiophene rings is 1. The number of morpholine rings is 1. The van der Waals surface area contributed by atoms with Gasteiger partial charge in [-0.1, -0.05) is 24.3 Å². The van der Waals surface area contributed by atoms with E-state index in [1.54, 1.807) is 46.9 Å². The van der Waals surface area contributed by atoms with Crippen molar-refractivity contribution in [2.45, 2.75) is 17.9 Å². The maximum atomic E-state index is 13.0. The largest absolute Gasteiger partial charge is 0.379 e. The van der Waals surface area contributed by atoms with Gasteiger partial charge in [0.1, 0.15) is 0 Å². The van der Waals surface area contributed by atoms with Crippen molar-refractivity contribution in [3.8, 4) is 10.6 Å². The van der Waals surface area contributed by atoms with Gasteiger partial charge in [0.25, 0.3) is 0 Å². The molecular weight excluding hydrogens is 525 g/mol. The number of hydrogen-bond acceptors (Lipinski definition) is 6. The molecule has 0 radical (unpaired) electrons. The molecule has 0 saturated carbocycles. The molecule has 3 aromatic heterocycles. The van der Waals surface area contributed by atoms with Crippen LogP contribution in [0.5, 0.6) is 0 Å². The van der Waals surface area contributed by atoms with Crippen LogP contribution in [0.15, 0.2) is 87.5 Å². The summed E-state index contributed by atoms with van der Waals surface area (Å²) in [6, 6.07) is 19.4. The second-order valence-corrected chi connectivity index (χ2v) is 12.5. The maximum absolute atomic E-state index is 13.0. The summed E-state index contributed by atoms with van der Waals surface area (Å²) in [6.45, 7) is 2.39. The van der Waals surface area contributed by atoms with Crippen LogP contribution in [0, 0.1) is 0 Å². The Morgan fingerprint density at radius 2 is 1.78 bits per heavy atom. The van der Waals surface area contributed by atoms with Crippen LogP contribution >= 0.6 is 22.7 Å².